The average molecular weight is 318 g/mol. The summed E-state index contributed by atoms with van der Waals surface area (Å²) in [7, 11) is -3.33. The molecule has 1 N–H and O–H groups in total. The Morgan fingerprint density at radius 2 is 2.00 bits per heavy atom. The van der Waals surface area contributed by atoms with Crippen molar-refractivity contribution >= 4 is 15.9 Å². The van der Waals surface area contributed by atoms with E-state index in [1.807, 2.05) is 13.8 Å². The Morgan fingerprint density at radius 3 is 2.62 bits per heavy atom. The third-order valence-electron chi connectivity index (χ3n) is 4.48. The molecule has 2 rings (SSSR count). The summed E-state index contributed by atoms with van der Waals surface area (Å²) in [5.41, 5.74) is 0. The largest absolute Gasteiger partial charge is 0.393 e. The highest BCUT2D eigenvalue weighted by Gasteiger charge is 2.41. The van der Waals surface area contributed by atoms with Gasteiger partial charge in [0.2, 0.25) is 15.9 Å². The van der Waals surface area contributed by atoms with Crippen molar-refractivity contribution in [3.8, 4) is 0 Å². The van der Waals surface area contributed by atoms with Gasteiger partial charge in [0, 0.05) is 19.6 Å². The van der Waals surface area contributed by atoms with Gasteiger partial charge in [-0.1, -0.05) is 13.8 Å². The van der Waals surface area contributed by atoms with E-state index in [4.69, 9.17) is 0 Å². The van der Waals surface area contributed by atoms with Crippen LogP contribution in [0.2, 0.25) is 0 Å². The molecule has 0 aliphatic carbocycles. The first-order valence-corrected chi connectivity index (χ1v) is 9.44. The van der Waals surface area contributed by atoms with Gasteiger partial charge in [-0.2, -0.15) is 4.31 Å². The number of amides is 1. The van der Waals surface area contributed by atoms with E-state index in [2.05, 4.69) is 0 Å². The summed E-state index contributed by atoms with van der Waals surface area (Å²) in [4.78, 5) is 14.4. The Labute approximate surface area is 127 Å². The zero-order valence-corrected chi connectivity index (χ0v) is 13.7. The highest BCUT2D eigenvalue weighted by Crippen LogP contribution is 2.26. The fraction of sp³-hybridized carbons (Fsp3) is 0.929. The Bertz CT molecular complexity index is 479. The standard InChI is InChI=1S/C14H26N2O4S/c1-3-9-21(19,20)16-7-4-5-12(16)14(18)15-8-6-13(17)11(2)10-15/h11-13,17H,3-10H2,1-2H3. The third-order valence-corrected chi connectivity index (χ3v) is 6.56. The zero-order chi connectivity index (χ0) is 15.6. The Kier molecular flexibility index (Phi) is 5.27. The lowest BCUT2D eigenvalue weighted by molar-refractivity contribution is -0.138. The molecule has 0 spiro atoms. The van der Waals surface area contributed by atoms with Crippen LogP contribution in [0.4, 0.5) is 0 Å². The minimum absolute atomic E-state index is 0.0461. The minimum Gasteiger partial charge on any atom is -0.393 e. The number of hydrogen-bond acceptors (Lipinski definition) is 4. The Balaban J connectivity index is 2.08. The molecular weight excluding hydrogens is 292 g/mol. The topological polar surface area (TPSA) is 77.9 Å². The van der Waals surface area contributed by atoms with Crippen molar-refractivity contribution in [2.24, 2.45) is 5.92 Å². The van der Waals surface area contributed by atoms with Crippen molar-refractivity contribution in [3.63, 3.8) is 0 Å². The van der Waals surface area contributed by atoms with Gasteiger partial charge >= 0.3 is 0 Å². The maximum absolute atomic E-state index is 12.7. The number of nitrogens with zero attached hydrogens (tertiary/aromatic N) is 2. The average Bonchev–Trinajstić information content (AvgIpc) is 2.91. The van der Waals surface area contributed by atoms with Gasteiger partial charge < -0.3 is 10.0 Å². The molecule has 2 aliphatic heterocycles. The molecule has 0 aromatic rings. The summed E-state index contributed by atoms with van der Waals surface area (Å²) in [5.74, 6) is 0.0575. The maximum Gasteiger partial charge on any atom is 0.241 e. The monoisotopic (exact) mass is 318 g/mol. The molecule has 2 fully saturated rings. The number of aliphatic hydroxyl groups excluding tert-OH is 1. The molecule has 0 aromatic carbocycles. The van der Waals surface area contributed by atoms with Crippen molar-refractivity contribution in [2.75, 3.05) is 25.4 Å². The Hall–Kier alpha value is -0.660. The molecule has 21 heavy (non-hydrogen) atoms. The van der Waals surface area contributed by atoms with E-state index in [-0.39, 0.29) is 23.7 Å². The number of piperidine rings is 1. The predicted octanol–water partition coefficient (Wildman–Crippen LogP) is 0.420. The molecule has 6 nitrogen and oxygen atoms in total. The van der Waals surface area contributed by atoms with Crippen molar-refractivity contribution in [1.29, 1.82) is 0 Å². The fourth-order valence-electron chi connectivity index (χ4n) is 3.24. The summed E-state index contributed by atoms with van der Waals surface area (Å²) >= 11 is 0. The van der Waals surface area contributed by atoms with Gasteiger partial charge in [-0.05, 0) is 31.6 Å². The highest BCUT2D eigenvalue weighted by atomic mass is 32.2. The first kappa shape index (κ1) is 16.7. The minimum atomic E-state index is -3.33. The van der Waals surface area contributed by atoms with Crippen molar-refractivity contribution in [3.05, 3.63) is 0 Å². The van der Waals surface area contributed by atoms with Crippen LogP contribution in [0.5, 0.6) is 0 Å². The van der Waals surface area contributed by atoms with Crippen molar-refractivity contribution < 1.29 is 18.3 Å². The smallest absolute Gasteiger partial charge is 0.241 e. The van der Waals surface area contributed by atoms with Crippen molar-refractivity contribution in [1.82, 2.24) is 9.21 Å². The summed E-state index contributed by atoms with van der Waals surface area (Å²) < 4.78 is 25.9. The van der Waals surface area contributed by atoms with E-state index in [0.29, 0.717) is 38.9 Å². The molecule has 2 saturated heterocycles. The normalized spacial score (nSPS) is 31.6. The van der Waals surface area contributed by atoms with Crippen LogP contribution in [0.3, 0.4) is 0 Å². The fourth-order valence-corrected chi connectivity index (χ4v) is 4.98. The van der Waals surface area contributed by atoms with Crippen LogP contribution in [-0.2, 0) is 14.8 Å². The summed E-state index contributed by atoms with van der Waals surface area (Å²) in [6, 6.07) is -0.538. The summed E-state index contributed by atoms with van der Waals surface area (Å²) in [6.45, 7) is 5.23. The second-order valence-electron chi connectivity index (χ2n) is 6.20. The molecule has 2 aliphatic rings. The van der Waals surface area contributed by atoms with Crippen LogP contribution in [-0.4, -0.2) is 66.2 Å². The third kappa shape index (κ3) is 3.57. The lowest BCUT2D eigenvalue weighted by Crippen LogP contribution is -2.52. The molecule has 0 saturated carbocycles. The van der Waals surface area contributed by atoms with Gasteiger partial charge in [-0.15, -0.1) is 0 Å². The number of aliphatic hydroxyl groups is 1. The first-order chi connectivity index (χ1) is 9.86. The van der Waals surface area contributed by atoms with Crippen LogP contribution in [0.25, 0.3) is 0 Å². The van der Waals surface area contributed by atoms with Crippen LogP contribution < -0.4 is 0 Å². The molecule has 0 bridgehead atoms. The molecular formula is C14H26N2O4S. The molecule has 1 amide bonds. The lowest BCUT2D eigenvalue weighted by Gasteiger charge is -2.37. The number of hydrogen-bond donors (Lipinski definition) is 1. The summed E-state index contributed by atoms with van der Waals surface area (Å²) in [5, 5.41) is 9.75. The van der Waals surface area contributed by atoms with E-state index >= 15 is 0 Å². The second-order valence-corrected chi connectivity index (χ2v) is 8.24. The van der Waals surface area contributed by atoms with Gasteiger partial charge in [0.25, 0.3) is 0 Å². The number of likely N-dealkylation sites (tertiary alicyclic amines) is 1. The van der Waals surface area contributed by atoms with E-state index < -0.39 is 16.1 Å². The van der Waals surface area contributed by atoms with E-state index in [0.717, 1.165) is 6.42 Å². The molecule has 2 heterocycles. The van der Waals surface area contributed by atoms with Crippen molar-refractivity contribution in [2.45, 2.75) is 51.7 Å². The van der Waals surface area contributed by atoms with Crippen LogP contribution in [0.1, 0.15) is 39.5 Å². The van der Waals surface area contributed by atoms with E-state index in [9.17, 15) is 18.3 Å². The molecule has 0 aromatic heterocycles. The zero-order valence-electron chi connectivity index (χ0n) is 12.9. The van der Waals surface area contributed by atoms with E-state index in [1.165, 1.54) is 4.31 Å². The number of carbonyl (C=O) groups is 1. The van der Waals surface area contributed by atoms with Crippen LogP contribution >= 0.6 is 0 Å². The van der Waals surface area contributed by atoms with Gasteiger partial charge in [-0.25, -0.2) is 8.42 Å². The molecule has 7 heteroatoms. The van der Waals surface area contributed by atoms with E-state index in [1.54, 1.807) is 4.90 Å². The highest BCUT2D eigenvalue weighted by molar-refractivity contribution is 7.89. The number of rotatable bonds is 4. The lowest BCUT2D eigenvalue weighted by atomic mass is 9.96. The van der Waals surface area contributed by atoms with Gasteiger partial charge in [0.1, 0.15) is 6.04 Å². The molecule has 122 valence electrons. The predicted molar refractivity (Wildman–Crippen MR) is 80.2 cm³/mol. The number of sulfonamides is 1. The Morgan fingerprint density at radius 1 is 1.29 bits per heavy atom. The molecule has 3 atom stereocenters. The SMILES string of the molecule is CCCS(=O)(=O)N1CCCC1C(=O)N1CCC(O)C(C)C1. The number of carbonyl (C=O) groups excluding carboxylic acids is 1. The van der Waals surface area contributed by atoms with Gasteiger partial charge in [0.15, 0.2) is 0 Å². The summed E-state index contributed by atoms with van der Waals surface area (Å²) in [6.07, 6.45) is 2.12. The van der Waals surface area contributed by atoms with Gasteiger partial charge in [0.05, 0.1) is 11.9 Å². The quantitative estimate of drug-likeness (QED) is 0.815. The molecule has 0 radical (unpaired) electrons. The van der Waals surface area contributed by atoms with Crippen LogP contribution in [0.15, 0.2) is 0 Å². The first-order valence-electron chi connectivity index (χ1n) is 7.83. The van der Waals surface area contributed by atoms with Gasteiger partial charge in [-0.3, -0.25) is 4.79 Å². The second kappa shape index (κ2) is 6.62. The maximum atomic E-state index is 12.7. The van der Waals surface area contributed by atoms with Crippen LogP contribution in [0, 0.1) is 5.92 Å². The molecule has 3 unspecified atom stereocenters.